The largest absolute Gasteiger partial charge is 0.349 e. The maximum absolute atomic E-state index is 12.2. The van der Waals surface area contributed by atoms with Crippen molar-refractivity contribution in [1.82, 2.24) is 14.7 Å². The number of amides is 1. The molecule has 2 heterocycles. The molecular weight excluding hydrogens is 250 g/mol. The van der Waals surface area contributed by atoms with E-state index in [2.05, 4.69) is 10.3 Å². The van der Waals surface area contributed by atoms with Crippen LogP contribution in [0.5, 0.6) is 0 Å². The third kappa shape index (κ3) is 2.15. The summed E-state index contributed by atoms with van der Waals surface area (Å²) in [5, 5.41) is 4.62. The topological polar surface area (TPSA) is 63.5 Å². The van der Waals surface area contributed by atoms with Crippen molar-refractivity contribution in [2.24, 2.45) is 0 Å². The first-order valence-electron chi connectivity index (χ1n) is 5.81. The lowest BCUT2D eigenvalue weighted by Crippen LogP contribution is -2.36. The Balaban J connectivity index is 2.46. The summed E-state index contributed by atoms with van der Waals surface area (Å²) in [6, 6.07) is 0.0427. The molecule has 2 rings (SSSR count). The number of carbonyl (C=O) groups excluding carboxylic acids is 1. The molecule has 1 N–H and O–H groups in total. The van der Waals surface area contributed by atoms with Crippen molar-refractivity contribution in [3.05, 3.63) is 33.2 Å². The second kappa shape index (κ2) is 4.89. The summed E-state index contributed by atoms with van der Waals surface area (Å²) < 4.78 is 1.47. The molecular formula is C12H15N3O2S. The summed E-state index contributed by atoms with van der Waals surface area (Å²) in [6.07, 6.45) is 2.17. The minimum atomic E-state index is -0.359. The molecule has 0 spiro atoms. The van der Waals surface area contributed by atoms with E-state index in [4.69, 9.17) is 0 Å². The fourth-order valence-corrected chi connectivity index (χ4v) is 2.41. The van der Waals surface area contributed by atoms with Gasteiger partial charge in [0.05, 0.1) is 0 Å². The molecule has 0 aliphatic heterocycles. The Bertz CT molecular complexity index is 644. The molecule has 96 valence electrons. The molecule has 1 atom stereocenters. The average molecular weight is 265 g/mol. The van der Waals surface area contributed by atoms with E-state index in [0.717, 1.165) is 12.1 Å². The fourth-order valence-electron chi connectivity index (χ4n) is 1.58. The molecule has 0 fully saturated rings. The minimum Gasteiger partial charge on any atom is -0.349 e. The van der Waals surface area contributed by atoms with E-state index in [9.17, 15) is 9.59 Å². The van der Waals surface area contributed by atoms with Crippen molar-refractivity contribution in [2.45, 2.75) is 33.2 Å². The molecule has 1 amide bonds. The molecule has 18 heavy (non-hydrogen) atoms. The van der Waals surface area contributed by atoms with E-state index in [1.165, 1.54) is 21.9 Å². The molecule has 0 aliphatic rings. The smallest absolute Gasteiger partial charge is 0.271 e. The number of thiazole rings is 1. The quantitative estimate of drug-likeness (QED) is 0.916. The van der Waals surface area contributed by atoms with Gasteiger partial charge in [0, 0.05) is 23.3 Å². The molecule has 0 bridgehead atoms. The number of hydrogen-bond acceptors (Lipinski definition) is 4. The van der Waals surface area contributed by atoms with Crippen molar-refractivity contribution in [3.63, 3.8) is 0 Å². The van der Waals surface area contributed by atoms with Gasteiger partial charge in [-0.05, 0) is 20.3 Å². The fraction of sp³-hybridized carbons (Fsp3) is 0.417. The first-order valence-corrected chi connectivity index (χ1v) is 6.69. The third-order valence-electron chi connectivity index (χ3n) is 2.85. The highest BCUT2D eigenvalue weighted by Gasteiger charge is 2.16. The lowest BCUT2D eigenvalue weighted by molar-refractivity contribution is 0.0937. The van der Waals surface area contributed by atoms with Crippen LogP contribution in [0.15, 0.2) is 16.4 Å². The van der Waals surface area contributed by atoms with Crippen LogP contribution in [0.2, 0.25) is 0 Å². The van der Waals surface area contributed by atoms with E-state index in [1.807, 2.05) is 26.2 Å². The Morgan fingerprint density at radius 1 is 1.61 bits per heavy atom. The summed E-state index contributed by atoms with van der Waals surface area (Å²) in [7, 11) is 0. The monoisotopic (exact) mass is 265 g/mol. The van der Waals surface area contributed by atoms with Crippen LogP contribution >= 0.6 is 11.3 Å². The number of carbonyl (C=O) groups is 1. The van der Waals surface area contributed by atoms with Gasteiger partial charge in [-0.25, -0.2) is 4.98 Å². The number of fused-ring (bicyclic) bond motifs is 1. The van der Waals surface area contributed by atoms with E-state index in [-0.39, 0.29) is 23.1 Å². The normalized spacial score (nSPS) is 12.6. The molecule has 2 aromatic rings. The van der Waals surface area contributed by atoms with Crippen LogP contribution in [0.4, 0.5) is 0 Å². The van der Waals surface area contributed by atoms with Gasteiger partial charge in [0.15, 0.2) is 4.96 Å². The standard InChI is InChI=1S/C12H15N3O2S/c1-4-7(2)14-10(16)9-5-13-12-15(11(9)17)8(3)6-18-12/h5-7H,4H2,1-3H3,(H,14,16)/t7-/m0/s1. The van der Waals surface area contributed by atoms with Crippen molar-refractivity contribution in [3.8, 4) is 0 Å². The van der Waals surface area contributed by atoms with E-state index in [1.54, 1.807) is 0 Å². The van der Waals surface area contributed by atoms with Gasteiger partial charge in [0.2, 0.25) is 0 Å². The number of nitrogens with zero attached hydrogens (tertiary/aromatic N) is 2. The highest BCUT2D eigenvalue weighted by atomic mass is 32.1. The number of aryl methyl sites for hydroxylation is 1. The summed E-state index contributed by atoms with van der Waals surface area (Å²) in [5.74, 6) is -0.359. The van der Waals surface area contributed by atoms with E-state index in [0.29, 0.717) is 4.96 Å². The second-order valence-corrected chi connectivity index (χ2v) is 5.09. The Morgan fingerprint density at radius 3 is 3.00 bits per heavy atom. The van der Waals surface area contributed by atoms with Gasteiger partial charge in [-0.1, -0.05) is 6.92 Å². The molecule has 0 saturated carbocycles. The molecule has 5 nitrogen and oxygen atoms in total. The van der Waals surface area contributed by atoms with Crippen molar-refractivity contribution in [1.29, 1.82) is 0 Å². The summed E-state index contributed by atoms with van der Waals surface area (Å²) in [4.78, 5) is 28.9. The second-order valence-electron chi connectivity index (χ2n) is 4.25. The lowest BCUT2D eigenvalue weighted by Gasteiger charge is -2.10. The first kappa shape index (κ1) is 12.8. The maximum atomic E-state index is 12.2. The van der Waals surface area contributed by atoms with Gasteiger partial charge in [-0.15, -0.1) is 11.3 Å². The first-order chi connectivity index (χ1) is 8.54. The van der Waals surface area contributed by atoms with E-state index < -0.39 is 0 Å². The van der Waals surface area contributed by atoms with Crippen LogP contribution in [-0.4, -0.2) is 21.3 Å². The molecule has 6 heteroatoms. The predicted octanol–water partition coefficient (Wildman–Crippen LogP) is 1.59. The Labute approximate surface area is 108 Å². The molecule has 0 saturated heterocycles. The molecule has 0 radical (unpaired) electrons. The zero-order valence-corrected chi connectivity index (χ0v) is 11.4. The molecule has 0 aliphatic carbocycles. The van der Waals surface area contributed by atoms with Crippen LogP contribution < -0.4 is 10.9 Å². The van der Waals surface area contributed by atoms with Crippen molar-refractivity contribution < 1.29 is 4.79 Å². The SMILES string of the molecule is CC[C@H](C)NC(=O)c1cnc2scc(C)n2c1=O. The Kier molecular flexibility index (Phi) is 3.47. The summed E-state index contributed by atoms with van der Waals surface area (Å²) >= 11 is 1.39. The Morgan fingerprint density at radius 2 is 2.33 bits per heavy atom. The van der Waals surface area contributed by atoms with Gasteiger partial charge in [-0.2, -0.15) is 0 Å². The summed E-state index contributed by atoms with van der Waals surface area (Å²) in [6.45, 7) is 5.70. The number of rotatable bonds is 3. The summed E-state index contributed by atoms with van der Waals surface area (Å²) in [5.41, 5.74) is 0.583. The lowest BCUT2D eigenvalue weighted by atomic mass is 10.2. The number of nitrogens with one attached hydrogen (secondary N) is 1. The number of hydrogen-bond donors (Lipinski definition) is 1. The van der Waals surface area contributed by atoms with Crippen molar-refractivity contribution in [2.75, 3.05) is 0 Å². The van der Waals surface area contributed by atoms with Crippen LogP contribution in [-0.2, 0) is 0 Å². The average Bonchev–Trinajstić information content (AvgIpc) is 2.72. The third-order valence-corrected chi connectivity index (χ3v) is 3.81. The highest BCUT2D eigenvalue weighted by molar-refractivity contribution is 7.15. The van der Waals surface area contributed by atoms with Gasteiger partial charge >= 0.3 is 0 Å². The van der Waals surface area contributed by atoms with Gasteiger partial charge < -0.3 is 5.32 Å². The highest BCUT2D eigenvalue weighted by Crippen LogP contribution is 2.10. The predicted molar refractivity (Wildman–Crippen MR) is 71.3 cm³/mol. The molecule has 2 aromatic heterocycles. The van der Waals surface area contributed by atoms with E-state index >= 15 is 0 Å². The Hall–Kier alpha value is -1.69. The van der Waals surface area contributed by atoms with Crippen LogP contribution in [0.3, 0.4) is 0 Å². The van der Waals surface area contributed by atoms with Crippen LogP contribution in [0.25, 0.3) is 4.96 Å². The zero-order valence-electron chi connectivity index (χ0n) is 10.6. The van der Waals surface area contributed by atoms with Gasteiger partial charge in [0.25, 0.3) is 11.5 Å². The van der Waals surface area contributed by atoms with Crippen LogP contribution in [0, 0.1) is 6.92 Å². The van der Waals surface area contributed by atoms with Crippen molar-refractivity contribution >= 4 is 22.2 Å². The number of aromatic nitrogens is 2. The van der Waals surface area contributed by atoms with Gasteiger partial charge in [0.1, 0.15) is 5.56 Å². The zero-order chi connectivity index (χ0) is 13.3. The van der Waals surface area contributed by atoms with Gasteiger partial charge in [-0.3, -0.25) is 14.0 Å². The molecule has 0 unspecified atom stereocenters. The maximum Gasteiger partial charge on any atom is 0.271 e. The minimum absolute atomic E-state index is 0.0427. The molecule has 0 aromatic carbocycles. The van der Waals surface area contributed by atoms with Crippen LogP contribution in [0.1, 0.15) is 36.3 Å².